The highest BCUT2D eigenvalue weighted by Crippen LogP contribution is 2.69. The molecule has 0 amide bonds. The summed E-state index contributed by atoms with van der Waals surface area (Å²) in [7, 11) is 0. The van der Waals surface area contributed by atoms with Crippen molar-refractivity contribution in [3.63, 3.8) is 0 Å². The number of alkyl halides is 3. The van der Waals surface area contributed by atoms with Crippen LogP contribution in [0.4, 0.5) is 13.2 Å². The van der Waals surface area contributed by atoms with E-state index in [4.69, 9.17) is 0 Å². The minimum atomic E-state index is -4.61. The molecule has 3 rings (SSSR count). The maximum Gasteiger partial charge on any atom is 0.422 e. The molecule has 1 spiro atoms. The molecular weight excluding hydrogens is 297 g/mol. The largest absolute Gasteiger partial charge is 0.422 e. The van der Waals surface area contributed by atoms with E-state index in [0.29, 0.717) is 24.8 Å². The zero-order valence-corrected chi connectivity index (χ0v) is 10.4. The lowest BCUT2D eigenvalue weighted by atomic mass is 9.84. The molecule has 0 heterocycles. The van der Waals surface area contributed by atoms with Crippen molar-refractivity contribution < 1.29 is 18.3 Å². The van der Waals surface area contributed by atoms with Crippen LogP contribution in [0.5, 0.6) is 0 Å². The number of aliphatic hydroxyl groups is 1. The number of hydrogen-bond donors (Lipinski definition) is 1. The highest BCUT2D eigenvalue weighted by molar-refractivity contribution is 9.10. The zero-order valence-electron chi connectivity index (χ0n) is 8.81. The molecule has 2 aliphatic rings. The van der Waals surface area contributed by atoms with E-state index in [1.807, 2.05) is 0 Å². The van der Waals surface area contributed by atoms with Crippen molar-refractivity contribution in [1.82, 2.24) is 0 Å². The van der Waals surface area contributed by atoms with E-state index in [-0.39, 0.29) is 5.56 Å². The number of hydrogen-bond acceptors (Lipinski definition) is 1. The van der Waals surface area contributed by atoms with E-state index in [0.717, 1.165) is 4.47 Å². The smallest absolute Gasteiger partial charge is 0.376 e. The van der Waals surface area contributed by atoms with Crippen LogP contribution >= 0.6 is 15.9 Å². The SMILES string of the molecule is OC1(C(F)(F)F)c2ccc(Br)cc2CC12CC2. The minimum Gasteiger partial charge on any atom is -0.376 e. The van der Waals surface area contributed by atoms with Crippen molar-refractivity contribution in [3.8, 4) is 0 Å². The summed E-state index contributed by atoms with van der Waals surface area (Å²) in [6, 6.07) is 4.62. The van der Waals surface area contributed by atoms with E-state index in [2.05, 4.69) is 15.9 Å². The van der Waals surface area contributed by atoms with Crippen LogP contribution in [-0.4, -0.2) is 11.3 Å². The highest BCUT2D eigenvalue weighted by atomic mass is 79.9. The maximum absolute atomic E-state index is 13.2. The number of rotatable bonds is 0. The van der Waals surface area contributed by atoms with E-state index in [9.17, 15) is 18.3 Å². The average Bonchev–Trinajstić information content (AvgIpc) is 2.91. The Hall–Kier alpha value is -0.550. The van der Waals surface area contributed by atoms with Gasteiger partial charge in [0, 0.05) is 9.89 Å². The number of benzene rings is 1. The van der Waals surface area contributed by atoms with E-state index < -0.39 is 17.2 Å². The molecule has 1 N–H and O–H groups in total. The van der Waals surface area contributed by atoms with Crippen LogP contribution in [0.3, 0.4) is 0 Å². The van der Waals surface area contributed by atoms with Crippen molar-refractivity contribution in [2.75, 3.05) is 0 Å². The molecule has 2 aliphatic carbocycles. The predicted octanol–water partition coefficient (Wildman–Crippen LogP) is 3.54. The first kappa shape index (κ1) is 11.5. The molecule has 1 aromatic rings. The molecule has 1 atom stereocenters. The van der Waals surface area contributed by atoms with Gasteiger partial charge in [-0.3, -0.25) is 0 Å². The molecule has 0 aliphatic heterocycles. The van der Waals surface area contributed by atoms with Crippen molar-refractivity contribution in [1.29, 1.82) is 0 Å². The molecule has 0 bridgehead atoms. The van der Waals surface area contributed by atoms with Gasteiger partial charge in [-0.1, -0.05) is 22.0 Å². The molecule has 1 unspecified atom stereocenters. The van der Waals surface area contributed by atoms with Gasteiger partial charge in [-0.15, -0.1) is 0 Å². The topological polar surface area (TPSA) is 20.2 Å². The Kier molecular flexibility index (Phi) is 2.08. The summed E-state index contributed by atoms with van der Waals surface area (Å²) in [6.07, 6.45) is -3.41. The first-order valence-electron chi connectivity index (χ1n) is 5.38. The van der Waals surface area contributed by atoms with Crippen molar-refractivity contribution >= 4 is 15.9 Å². The molecule has 1 saturated carbocycles. The third-order valence-electron chi connectivity index (χ3n) is 4.02. The molecule has 17 heavy (non-hydrogen) atoms. The van der Waals surface area contributed by atoms with Gasteiger partial charge in [0.05, 0.1) is 0 Å². The summed E-state index contributed by atoms with van der Waals surface area (Å²) in [5.74, 6) is 0. The van der Waals surface area contributed by atoms with Gasteiger partial charge in [0.2, 0.25) is 0 Å². The van der Waals surface area contributed by atoms with Crippen molar-refractivity contribution in [2.24, 2.45) is 5.41 Å². The predicted molar refractivity (Wildman–Crippen MR) is 59.5 cm³/mol. The minimum absolute atomic E-state index is 0.0331. The lowest BCUT2D eigenvalue weighted by molar-refractivity contribution is -0.288. The van der Waals surface area contributed by atoms with Gasteiger partial charge in [0.15, 0.2) is 5.60 Å². The van der Waals surface area contributed by atoms with Gasteiger partial charge in [-0.25, -0.2) is 0 Å². The second-order valence-electron chi connectivity index (χ2n) is 4.97. The summed E-state index contributed by atoms with van der Waals surface area (Å²) in [6.45, 7) is 0. The Balaban J connectivity index is 2.22. The fraction of sp³-hybridized carbons (Fsp3) is 0.500. The van der Waals surface area contributed by atoms with E-state index in [1.54, 1.807) is 12.1 Å². The van der Waals surface area contributed by atoms with E-state index >= 15 is 0 Å². The fourth-order valence-electron chi connectivity index (χ4n) is 2.98. The van der Waals surface area contributed by atoms with Crippen LogP contribution in [0.1, 0.15) is 24.0 Å². The number of halogens is 4. The summed E-state index contributed by atoms with van der Waals surface area (Å²) in [4.78, 5) is 0. The lowest BCUT2D eigenvalue weighted by Crippen LogP contribution is -2.47. The maximum atomic E-state index is 13.2. The Bertz CT molecular complexity index is 493. The molecule has 1 aromatic carbocycles. The summed E-state index contributed by atoms with van der Waals surface area (Å²) in [5.41, 5.74) is -3.02. The summed E-state index contributed by atoms with van der Waals surface area (Å²) < 4.78 is 40.3. The Morgan fingerprint density at radius 1 is 1.24 bits per heavy atom. The second kappa shape index (κ2) is 3.06. The van der Waals surface area contributed by atoms with Crippen LogP contribution in [0.25, 0.3) is 0 Å². The van der Waals surface area contributed by atoms with Gasteiger partial charge in [0.25, 0.3) is 0 Å². The van der Waals surface area contributed by atoms with Gasteiger partial charge < -0.3 is 5.11 Å². The molecule has 0 aromatic heterocycles. The third kappa shape index (κ3) is 1.30. The zero-order chi connectivity index (χ0) is 12.5. The van der Waals surface area contributed by atoms with Crippen LogP contribution in [0.15, 0.2) is 22.7 Å². The van der Waals surface area contributed by atoms with Crippen LogP contribution in [-0.2, 0) is 12.0 Å². The Morgan fingerprint density at radius 2 is 1.88 bits per heavy atom. The van der Waals surface area contributed by atoms with Crippen LogP contribution in [0.2, 0.25) is 0 Å². The molecule has 0 radical (unpaired) electrons. The third-order valence-corrected chi connectivity index (χ3v) is 4.51. The monoisotopic (exact) mass is 306 g/mol. The molecule has 1 nitrogen and oxygen atoms in total. The summed E-state index contributed by atoms with van der Waals surface area (Å²) in [5, 5.41) is 10.2. The molecule has 5 heteroatoms. The molecule has 1 fully saturated rings. The van der Waals surface area contributed by atoms with E-state index in [1.165, 1.54) is 6.07 Å². The normalized spacial score (nSPS) is 29.5. The van der Waals surface area contributed by atoms with Crippen LogP contribution < -0.4 is 0 Å². The fourth-order valence-corrected chi connectivity index (χ4v) is 3.39. The highest BCUT2D eigenvalue weighted by Gasteiger charge is 2.74. The molecule has 0 saturated heterocycles. The Morgan fingerprint density at radius 3 is 2.41 bits per heavy atom. The van der Waals surface area contributed by atoms with Crippen molar-refractivity contribution in [3.05, 3.63) is 33.8 Å². The summed E-state index contributed by atoms with van der Waals surface area (Å²) >= 11 is 3.25. The second-order valence-corrected chi connectivity index (χ2v) is 5.88. The average molecular weight is 307 g/mol. The Labute approximate surface area is 105 Å². The molecular formula is C12H10BrF3O. The first-order valence-corrected chi connectivity index (χ1v) is 6.17. The first-order chi connectivity index (χ1) is 7.80. The number of fused-ring (bicyclic) bond motifs is 1. The van der Waals surface area contributed by atoms with Gasteiger partial charge in [-0.05, 0) is 42.5 Å². The van der Waals surface area contributed by atoms with Gasteiger partial charge >= 0.3 is 6.18 Å². The lowest BCUT2D eigenvalue weighted by Gasteiger charge is -2.33. The van der Waals surface area contributed by atoms with Crippen molar-refractivity contribution in [2.45, 2.75) is 31.0 Å². The quantitative estimate of drug-likeness (QED) is 0.777. The standard InChI is InChI=1S/C12H10BrF3O/c13-8-1-2-9-7(5-8)6-10(3-4-10)11(9,17)12(14,15)16/h1-2,5,17H,3-4,6H2. The van der Waals surface area contributed by atoms with Gasteiger partial charge in [0.1, 0.15) is 0 Å². The molecule has 92 valence electrons. The van der Waals surface area contributed by atoms with Crippen LogP contribution in [0, 0.1) is 5.41 Å². The van der Waals surface area contributed by atoms with Gasteiger partial charge in [-0.2, -0.15) is 13.2 Å².